The molecule has 108 valence electrons. The van der Waals surface area contributed by atoms with Gasteiger partial charge in [-0.05, 0) is 30.5 Å². The van der Waals surface area contributed by atoms with Gasteiger partial charge in [0, 0.05) is 30.9 Å². The van der Waals surface area contributed by atoms with E-state index in [0.717, 1.165) is 25.9 Å². The lowest BCUT2D eigenvalue weighted by molar-refractivity contribution is -0.141. The zero-order valence-corrected chi connectivity index (χ0v) is 12.1. The van der Waals surface area contributed by atoms with E-state index in [1.807, 2.05) is 6.07 Å². The quantitative estimate of drug-likeness (QED) is 0.829. The molecule has 1 amide bonds. The fourth-order valence-corrected chi connectivity index (χ4v) is 3.50. The van der Waals surface area contributed by atoms with Gasteiger partial charge in [-0.3, -0.25) is 4.79 Å². The Labute approximate surface area is 125 Å². The van der Waals surface area contributed by atoms with E-state index in [2.05, 4.69) is 52.1 Å². The van der Waals surface area contributed by atoms with Gasteiger partial charge in [-0.25, -0.2) is 0 Å². The molecule has 2 aliphatic rings. The highest BCUT2D eigenvalue weighted by atomic mass is 16.2. The van der Waals surface area contributed by atoms with Crippen LogP contribution in [0.5, 0.6) is 0 Å². The molecule has 2 heterocycles. The van der Waals surface area contributed by atoms with Gasteiger partial charge in [0.25, 0.3) is 0 Å². The average molecular weight is 280 g/mol. The molecular formula is C18H20N2O. The fourth-order valence-electron chi connectivity index (χ4n) is 3.50. The van der Waals surface area contributed by atoms with Crippen molar-refractivity contribution >= 4 is 5.91 Å². The SMILES string of the molecule is O=C(C1CCC1)N1CCn2cccc2C1c1ccccc1. The molecule has 3 heteroatoms. The van der Waals surface area contributed by atoms with Crippen molar-refractivity contribution in [2.45, 2.75) is 31.8 Å². The van der Waals surface area contributed by atoms with Crippen LogP contribution in [0.3, 0.4) is 0 Å². The number of amides is 1. The van der Waals surface area contributed by atoms with Crippen LogP contribution >= 0.6 is 0 Å². The van der Waals surface area contributed by atoms with Gasteiger partial charge in [-0.1, -0.05) is 36.8 Å². The highest BCUT2D eigenvalue weighted by molar-refractivity contribution is 5.80. The molecule has 0 bridgehead atoms. The summed E-state index contributed by atoms with van der Waals surface area (Å²) in [5, 5.41) is 0. The van der Waals surface area contributed by atoms with Gasteiger partial charge in [0.15, 0.2) is 0 Å². The molecule has 0 radical (unpaired) electrons. The van der Waals surface area contributed by atoms with E-state index in [9.17, 15) is 4.79 Å². The first-order valence-corrected chi connectivity index (χ1v) is 7.85. The Hall–Kier alpha value is -2.03. The summed E-state index contributed by atoms with van der Waals surface area (Å²) in [6.07, 6.45) is 5.46. The predicted octanol–water partition coefficient (Wildman–Crippen LogP) is 3.22. The van der Waals surface area contributed by atoms with Crippen LogP contribution in [-0.2, 0) is 11.3 Å². The number of fused-ring (bicyclic) bond motifs is 1. The van der Waals surface area contributed by atoms with E-state index in [4.69, 9.17) is 0 Å². The summed E-state index contributed by atoms with van der Waals surface area (Å²) in [6, 6.07) is 14.7. The van der Waals surface area contributed by atoms with Crippen molar-refractivity contribution in [2.75, 3.05) is 6.54 Å². The van der Waals surface area contributed by atoms with Crippen LogP contribution in [0.2, 0.25) is 0 Å². The Bertz CT molecular complexity index is 642. The Balaban J connectivity index is 1.74. The molecule has 3 nitrogen and oxygen atoms in total. The molecule has 1 aliphatic heterocycles. The second kappa shape index (κ2) is 5.06. The molecule has 1 aromatic carbocycles. The Kier molecular flexibility index (Phi) is 3.06. The van der Waals surface area contributed by atoms with Crippen molar-refractivity contribution in [1.29, 1.82) is 0 Å². The van der Waals surface area contributed by atoms with Gasteiger partial charge in [0.05, 0.1) is 6.04 Å². The molecule has 1 fully saturated rings. The number of benzene rings is 1. The van der Waals surface area contributed by atoms with Crippen molar-refractivity contribution in [3.8, 4) is 0 Å². The van der Waals surface area contributed by atoms with Crippen molar-refractivity contribution in [3.05, 3.63) is 59.9 Å². The standard InChI is InChI=1S/C18H20N2O/c21-18(15-8-4-9-15)20-13-12-19-11-5-10-16(19)17(20)14-6-2-1-3-7-14/h1-3,5-7,10-11,15,17H,4,8-9,12-13H2. The highest BCUT2D eigenvalue weighted by Gasteiger charge is 2.37. The second-order valence-electron chi connectivity index (χ2n) is 6.10. The van der Waals surface area contributed by atoms with Crippen LogP contribution in [-0.4, -0.2) is 21.9 Å². The van der Waals surface area contributed by atoms with Gasteiger partial charge in [-0.2, -0.15) is 0 Å². The summed E-state index contributed by atoms with van der Waals surface area (Å²) in [6.45, 7) is 1.72. The summed E-state index contributed by atoms with van der Waals surface area (Å²) in [5.74, 6) is 0.611. The number of hydrogen-bond donors (Lipinski definition) is 0. The van der Waals surface area contributed by atoms with E-state index in [0.29, 0.717) is 5.91 Å². The maximum Gasteiger partial charge on any atom is 0.226 e. The fraction of sp³-hybridized carbons (Fsp3) is 0.389. The molecule has 1 aliphatic carbocycles. The van der Waals surface area contributed by atoms with Gasteiger partial charge in [0.2, 0.25) is 5.91 Å². The zero-order chi connectivity index (χ0) is 14.2. The lowest BCUT2D eigenvalue weighted by Gasteiger charge is -2.40. The molecule has 2 aromatic rings. The van der Waals surface area contributed by atoms with Crippen molar-refractivity contribution in [1.82, 2.24) is 9.47 Å². The molecule has 1 aromatic heterocycles. The Morgan fingerprint density at radius 2 is 1.81 bits per heavy atom. The van der Waals surface area contributed by atoms with Crippen LogP contribution in [0.4, 0.5) is 0 Å². The molecule has 21 heavy (non-hydrogen) atoms. The van der Waals surface area contributed by atoms with E-state index in [1.165, 1.54) is 17.7 Å². The van der Waals surface area contributed by atoms with E-state index in [1.54, 1.807) is 0 Å². The van der Waals surface area contributed by atoms with Gasteiger partial charge < -0.3 is 9.47 Å². The van der Waals surface area contributed by atoms with Crippen LogP contribution in [0.25, 0.3) is 0 Å². The van der Waals surface area contributed by atoms with Crippen LogP contribution in [0.15, 0.2) is 48.7 Å². The third kappa shape index (κ3) is 2.08. The zero-order valence-electron chi connectivity index (χ0n) is 12.1. The molecule has 0 saturated heterocycles. The molecule has 1 atom stereocenters. The van der Waals surface area contributed by atoms with E-state index in [-0.39, 0.29) is 12.0 Å². The minimum atomic E-state index is 0.0723. The number of hydrogen-bond acceptors (Lipinski definition) is 1. The monoisotopic (exact) mass is 280 g/mol. The molecule has 0 spiro atoms. The Morgan fingerprint density at radius 3 is 2.52 bits per heavy atom. The van der Waals surface area contributed by atoms with Gasteiger partial charge >= 0.3 is 0 Å². The van der Waals surface area contributed by atoms with E-state index >= 15 is 0 Å². The first-order valence-electron chi connectivity index (χ1n) is 7.85. The summed E-state index contributed by atoms with van der Waals surface area (Å²) in [7, 11) is 0. The number of aromatic nitrogens is 1. The summed E-state index contributed by atoms with van der Waals surface area (Å²) in [4.78, 5) is 14.9. The van der Waals surface area contributed by atoms with Crippen LogP contribution < -0.4 is 0 Å². The largest absolute Gasteiger partial charge is 0.348 e. The van der Waals surface area contributed by atoms with Gasteiger partial charge in [0.1, 0.15) is 0 Å². The number of nitrogens with zero attached hydrogens (tertiary/aromatic N) is 2. The summed E-state index contributed by atoms with van der Waals surface area (Å²) in [5.41, 5.74) is 2.45. The van der Waals surface area contributed by atoms with Crippen molar-refractivity contribution in [3.63, 3.8) is 0 Å². The second-order valence-corrected chi connectivity index (χ2v) is 6.10. The van der Waals surface area contributed by atoms with Crippen molar-refractivity contribution in [2.24, 2.45) is 5.92 Å². The third-order valence-electron chi connectivity index (χ3n) is 4.89. The van der Waals surface area contributed by atoms with Crippen LogP contribution in [0, 0.1) is 5.92 Å². The molecule has 0 N–H and O–H groups in total. The first kappa shape index (κ1) is 12.7. The number of carbonyl (C=O) groups is 1. The summed E-state index contributed by atoms with van der Waals surface area (Å²) >= 11 is 0. The van der Waals surface area contributed by atoms with E-state index < -0.39 is 0 Å². The summed E-state index contributed by atoms with van der Waals surface area (Å²) < 4.78 is 2.28. The first-order chi connectivity index (χ1) is 10.3. The molecule has 1 saturated carbocycles. The lowest BCUT2D eigenvalue weighted by Crippen LogP contribution is -2.46. The van der Waals surface area contributed by atoms with Crippen LogP contribution in [0.1, 0.15) is 36.6 Å². The Morgan fingerprint density at radius 1 is 1.00 bits per heavy atom. The molecule has 1 unspecified atom stereocenters. The number of carbonyl (C=O) groups excluding carboxylic acids is 1. The average Bonchev–Trinajstić information content (AvgIpc) is 2.93. The molecular weight excluding hydrogens is 260 g/mol. The number of rotatable bonds is 2. The minimum Gasteiger partial charge on any atom is -0.348 e. The minimum absolute atomic E-state index is 0.0723. The van der Waals surface area contributed by atoms with Gasteiger partial charge in [-0.15, -0.1) is 0 Å². The maximum absolute atomic E-state index is 12.8. The van der Waals surface area contributed by atoms with Crippen molar-refractivity contribution < 1.29 is 4.79 Å². The third-order valence-corrected chi connectivity index (χ3v) is 4.89. The lowest BCUT2D eigenvalue weighted by atomic mass is 9.83. The smallest absolute Gasteiger partial charge is 0.226 e. The maximum atomic E-state index is 12.8. The highest BCUT2D eigenvalue weighted by Crippen LogP contribution is 2.36. The topological polar surface area (TPSA) is 25.2 Å². The predicted molar refractivity (Wildman–Crippen MR) is 81.8 cm³/mol. The normalized spacial score (nSPS) is 21.7. The molecule has 4 rings (SSSR count).